The third-order valence-electron chi connectivity index (χ3n) is 4.53. The first-order chi connectivity index (χ1) is 14.5. The fourth-order valence-electron chi connectivity index (χ4n) is 3.01. The topological polar surface area (TPSA) is 104 Å². The lowest BCUT2D eigenvalue weighted by molar-refractivity contribution is 0.0994. The van der Waals surface area contributed by atoms with Crippen molar-refractivity contribution < 1.29 is 23.2 Å². The van der Waals surface area contributed by atoms with Gasteiger partial charge in [-0.2, -0.15) is 0 Å². The van der Waals surface area contributed by atoms with Crippen LogP contribution in [0.3, 0.4) is 0 Å². The molecular weight excluding hydrogens is 388 g/mol. The van der Waals surface area contributed by atoms with Crippen molar-refractivity contribution in [3.8, 4) is 22.8 Å². The van der Waals surface area contributed by atoms with Crippen molar-refractivity contribution >= 4 is 22.8 Å². The van der Waals surface area contributed by atoms with E-state index in [0.717, 1.165) is 11.6 Å². The maximum atomic E-state index is 12.6. The Morgan fingerprint density at radius 2 is 1.80 bits per heavy atom. The Balaban J connectivity index is 1.59. The summed E-state index contributed by atoms with van der Waals surface area (Å²) in [6.07, 6.45) is 0. The second-order valence-electron chi connectivity index (χ2n) is 6.57. The van der Waals surface area contributed by atoms with Gasteiger partial charge in [0.25, 0.3) is 5.91 Å². The number of fused-ring (bicyclic) bond motifs is 1. The Labute approximate surface area is 171 Å². The molecule has 1 amide bonds. The highest BCUT2D eigenvalue weighted by Gasteiger charge is 2.16. The van der Waals surface area contributed by atoms with Gasteiger partial charge in [0.1, 0.15) is 11.3 Å². The molecule has 0 fully saturated rings. The summed E-state index contributed by atoms with van der Waals surface area (Å²) in [5.41, 5.74) is 2.16. The number of benzene rings is 2. The van der Waals surface area contributed by atoms with Crippen LogP contribution in [0.5, 0.6) is 11.5 Å². The molecule has 0 radical (unpaired) electrons. The summed E-state index contributed by atoms with van der Waals surface area (Å²) in [4.78, 5) is 24.8. The minimum Gasteiger partial charge on any atom is -0.493 e. The molecule has 0 atom stereocenters. The van der Waals surface area contributed by atoms with Gasteiger partial charge in [0.15, 0.2) is 22.7 Å². The molecule has 30 heavy (non-hydrogen) atoms. The fourth-order valence-corrected chi connectivity index (χ4v) is 3.01. The monoisotopic (exact) mass is 406 g/mol. The van der Waals surface area contributed by atoms with Crippen LogP contribution in [0, 0.1) is 6.92 Å². The highest BCUT2D eigenvalue weighted by atomic mass is 16.5. The average molecular weight is 406 g/mol. The van der Waals surface area contributed by atoms with Crippen molar-refractivity contribution in [2.75, 3.05) is 19.5 Å². The van der Waals surface area contributed by atoms with Crippen molar-refractivity contribution in [3.63, 3.8) is 0 Å². The fraction of sp³-hybridized carbons (Fsp3) is 0.136. The highest BCUT2D eigenvalue weighted by molar-refractivity contribution is 6.02. The number of aryl methyl sites for hydroxylation is 1. The number of amides is 1. The number of ether oxygens (including phenoxy) is 2. The number of carbonyl (C=O) groups excluding carboxylic acids is 1. The Morgan fingerprint density at radius 3 is 2.57 bits per heavy atom. The summed E-state index contributed by atoms with van der Waals surface area (Å²) in [6, 6.07) is 13.2. The molecule has 0 saturated carbocycles. The second kappa shape index (κ2) is 7.75. The Morgan fingerprint density at radius 1 is 1.00 bits per heavy atom. The van der Waals surface area contributed by atoms with Gasteiger partial charge in [-0.1, -0.05) is 11.2 Å². The molecule has 2 aromatic carbocycles. The van der Waals surface area contributed by atoms with E-state index in [4.69, 9.17) is 18.4 Å². The van der Waals surface area contributed by atoms with Crippen LogP contribution in [-0.2, 0) is 0 Å². The van der Waals surface area contributed by atoms with Crippen LogP contribution >= 0.6 is 0 Å². The summed E-state index contributed by atoms with van der Waals surface area (Å²) < 4.78 is 21.3. The summed E-state index contributed by atoms with van der Waals surface area (Å²) in [5, 5.41) is 6.92. The average Bonchev–Trinajstić information content (AvgIpc) is 3.21. The quantitative estimate of drug-likeness (QED) is 0.534. The number of aromatic nitrogens is 1. The molecule has 0 spiro atoms. The Bertz CT molecular complexity index is 1300. The smallest absolute Gasteiger partial charge is 0.293 e. The minimum absolute atomic E-state index is 0.108. The second-order valence-corrected chi connectivity index (χ2v) is 6.57. The van der Waals surface area contributed by atoms with Gasteiger partial charge in [-0.05, 0) is 42.8 Å². The van der Waals surface area contributed by atoms with Crippen LogP contribution in [0.1, 0.15) is 16.1 Å². The maximum Gasteiger partial charge on any atom is 0.293 e. The molecule has 2 heterocycles. The van der Waals surface area contributed by atoms with E-state index in [1.54, 1.807) is 43.5 Å². The van der Waals surface area contributed by atoms with Gasteiger partial charge < -0.3 is 18.4 Å². The molecule has 4 aromatic rings. The number of nitrogens with one attached hydrogen (secondary N) is 1. The zero-order valence-electron chi connectivity index (χ0n) is 16.5. The van der Waals surface area contributed by atoms with Gasteiger partial charge in [-0.25, -0.2) is 0 Å². The molecule has 0 saturated heterocycles. The van der Waals surface area contributed by atoms with E-state index >= 15 is 0 Å². The van der Waals surface area contributed by atoms with Gasteiger partial charge in [-0.15, -0.1) is 0 Å². The molecule has 4 rings (SSSR count). The van der Waals surface area contributed by atoms with E-state index in [-0.39, 0.29) is 17.1 Å². The third-order valence-corrected chi connectivity index (χ3v) is 4.53. The zero-order valence-corrected chi connectivity index (χ0v) is 16.5. The van der Waals surface area contributed by atoms with E-state index < -0.39 is 5.91 Å². The van der Waals surface area contributed by atoms with E-state index in [0.29, 0.717) is 33.7 Å². The van der Waals surface area contributed by atoms with E-state index in [1.807, 2.05) is 13.0 Å². The van der Waals surface area contributed by atoms with E-state index in [2.05, 4.69) is 10.5 Å². The van der Waals surface area contributed by atoms with Crippen molar-refractivity contribution in [1.29, 1.82) is 0 Å². The van der Waals surface area contributed by atoms with Gasteiger partial charge in [0.05, 0.1) is 19.6 Å². The zero-order chi connectivity index (χ0) is 21.3. The minimum atomic E-state index is -0.620. The van der Waals surface area contributed by atoms with Gasteiger partial charge >= 0.3 is 0 Å². The summed E-state index contributed by atoms with van der Waals surface area (Å²) in [5.74, 6) is 0.487. The molecule has 0 bridgehead atoms. The Hall–Kier alpha value is -4.07. The maximum absolute atomic E-state index is 12.6. The van der Waals surface area contributed by atoms with Crippen LogP contribution in [0.4, 0.5) is 5.88 Å². The molecule has 0 unspecified atom stereocenters. The predicted octanol–water partition coefficient (Wildman–Crippen LogP) is 4.03. The van der Waals surface area contributed by atoms with Crippen LogP contribution < -0.4 is 20.2 Å². The normalized spacial score (nSPS) is 10.8. The van der Waals surface area contributed by atoms with Crippen molar-refractivity contribution in [1.82, 2.24) is 5.16 Å². The number of hydrogen-bond acceptors (Lipinski definition) is 7. The number of nitrogens with zero attached hydrogens (tertiary/aromatic N) is 1. The molecule has 152 valence electrons. The predicted molar refractivity (Wildman–Crippen MR) is 110 cm³/mol. The molecule has 1 N–H and O–H groups in total. The summed E-state index contributed by atoms with van der Waals surface area (Å²) >= 11 is 0. The Kier molecular flexibility index (Phi) is 4.97. The molecule has 0 aliphatic rings. The van der Waals surface area contributed by atoms with Crippen molar-refractivity contribution in [2.45, 2.75) is 6.92 Å². The first kappa shape index (κ1) is 19.3. The third kappa shape index (κ3) is 3.62. The number of anilines is 1. The van der Waals surface area contributed by atoms with Gasteiger partial charge in [0.2, 0.25) is 5.88 Å². The SMILES string of the molecule is COc1ccc(-c2cc(NC(=O)c3cc(=O)c4ccc(C)cc4o3)on2)cc1OC. The molecule has 8 heteroatoms. The first-order valence-electron chi connectivity index (χ1n) is 9.03. The summed E-state index contributed by atoms with van der Waals surface area (Å²) in [6.45, 7) is 1.87. The van der Waals surface area contributed by atoms with Gasteiger partial charge in [0, 0.05) is 17.7 Å². The van der Waals surface area contributed by atoms with E-state index in [1.165, 1.54) is 7.11 Å². The molecule has 0 aliphatic heterocycles. The molecular formula is C22H18N2O6. The lowest BCUT2D eigenvalue weighted by atomic mass is 10.1. The first-order valence-corrected chi connectivity index (χ1v) is 9.03. The van der Waals surface area contributed by atoms with Gasteiger partial charge in [-0.3, -0.25) is 14.9 Å². The lowest BCUT2D eigenvalue weighted by Crippen LogP contribution is -2.14. The lowest BCUT2D eigenvalue weighted by Gasteiger charge is -2.07. The number of hydrogen-bond donors (Lipinski definition) is 1. The summed E-state index contributed by atoms with van der Waals surface area (Å²) in [7, 11) is 3.09. The molecule has 2 aromatic heterocycles. The largest absolute Gasteiger partial charge is 0.493 e. The standard InChI is InChI=1S/C22H18N2O6/c1-12-4-6-14-16(25)11-20(29-18(14)8-12)22(26)23-21-10-15(24-30-21)13-5-7-17(27-2)19(9-13)28-3/h4-11H,1-3H3,(H,23,26). The van der Waals surface area contributed by atoms with Crippen molar-refractivity contribution in [3.05, 3.63) is 70.1 Å². The highest BCUT2D eigenvalue weighted by Crippen LogP contribution is 2.32. The van der Waals surface area contributed by atoms with Crippen LogP contribution in [0.2, 0.25) is 0 Å². The number of methoxy groups -OCH3 is 2. The van der Waals surface area contributed by atoms with Crippen LogP contribution in [0.15, 0.2) is 62.3 Å². The van der Waals surface area contributed by atoms with E-state index in [9.17, 15) is 9.59 Å². The molecule has 0 aliphatic carbocycles. The van der Waals surface area contributed by atoms with Crippen LogP contribution in [-0.4, -0.2) is 25.3 Å². The molecule has 8 nitrogen and oxygen atoms in total. The number of carbonyl (C=O) groups is 1. The number of rotatable bonds is 5. The van der Waals surface area contributed by atoms with Crippen LogP contribution in [0.25, 0.3) is 22.2 Å². The van der Waals surface area contributed by atoms with Crippen molar-refractivity contribution in [2.24, 2.45) is 0 Å².